The quantitative estimate of drug-likeness (QED) is 0.695. The van der Waals surface area contributed by atoms with E-state index in [9.17, 15) is 0 Å². The topological polar surface area (TPSA) is 33.0 Å². The van der Waals surface area contributed by atoms with Gasteiger partial charge in [-0.05, 0) is 46.0 Å². The van der Waals surface area contributed by atoms with E-state index in [2.05, 4.69) is 6.07 Å². The van der Waals surface area contributed by atoms with Gasteiger partial charge in [0, 0.05) is 0 Å². The van der Waals surface area contributed by atoms with Crippen molar-refractivity contribution in [3.05, 3.63) is 0 Å². The molecule has 2 aliphatic rings. The fourth-order valence-electron chi connectivity index (χ4n) is 3.04. The highest BCUT2D eigenvalue weighted by atomic mass is 16.5. The van der Waals surface area contributed by atoms with Crippen LogP contribution in [0.1, 0.15) is 58.8 Å². The molecule has 1 aliphatic heterocycles. The van der Waals surface area contributed by atoms with Crippen molar-refractivity contribution < 1.29 is 4.74 Å². The Balaban J connectivity index is 1.91. The average Bonchev–Trinajstić information content (AvgIpc) is 2.78. The van der Waals surface area contributed by atoms with Crippen LogP contribution in [0.5, 0.6) is 0 Å². The molecule has 0 bridgehead atoms. The van der Waals surface area contributed by atoms with E-state index < -0.39 is 0 Å². The third-order valence-corrected chi connectivity index (χ3v) is 3.89. The fourth-order valence-corrected chi connectivity index (χ4v) is 3.04. The fraction of sp³-hybridized carbons (Fsp3) is 0.923. The first-order valence-electron chi connectivity index (χ1n) is 6.14. The lowest BCUT2D eigenvalue weighted by Gasteiger charge is -2.26. The average molecular weight is 207 g/mol. The van der Waals surface area contributed by atoms with Crippen molar-refractivity contribution in [2.45, 2.75) is 70.5 Å². The van der Waals surface area contributed by atoms with Gasteiger partial charge in [0.2, 0.25) is 0 Å². The number of rotatable bonds is 2. The molecule has 15 heavy (non-hydrogen) atoms. The summed E-state index contributed by atoms with van der Waals surface area (Å²) in [6.07, 6.45) is 8.75. The molecule has 1 saturated carbocycles. The number of hydrogen-bond donors (Lipinski definition) is 0. The molecular formula is C13H21NO. The summed E-state index contributed by atoms with van der Waals surface area (Å²) in [6, 6.07) is 2.37. The number of hydrogen-bond acceptors (Lipinski definition) is 2. The molecule has 2 fully saturated rings. The first-order chi connectivity index (χ1) is 7.05. The van der Waals surface area contributed by atoms with Crippen LogP contribution in [0.25, 0.3) is 0 Å². The van der Waals surface area contributed by atoms with Crippen molar-refractivity contribution in [2.24, 2.45) is 5.41 Å². The predicted octanol–water partition coefficient (Wildman–Crippen LogP) is 3.42. The Hall–Kier alpha value is -0.550. The van der Waals surface area contributed by atoms with Gasteiger partial charge in [-0.15, -0.1) is 0 Å². The lowest BCUT2D eigenvalue weighted by molar-refractivity contribution is -0.0464. The van der Waals surface area contributed by atoms with Crippen LogP contribution in [0.3, 0.4) is 0 Å². The van der Waals surface area contributed by atoms with Crippen LogP contribution in [0.4, 0.5) is 0 Å². The standard InChI is InChI=1S/C13H21NO/c1-12(2,10-14)9-11-5-8-13(15-11)6-3-4-7-13/h11H,3-9H2,1-2H3. The second-order valence-corrected chi connectivity index (χ2v) is 5.87. The zero-order valence-electron chi connectivity index (χ0n) is 9.88. The molecule has 84 valence electrons. The molecule has 1 heterocycles. The number of nitriles is 1. The van der Waals surface area contributed by atoms with Crippen LogP contribution in [-0.4, -0.2) is 11.7 Å². The number of ether oxygens (including phenoxy) is 1. The van der Waals surface area contributed by atoms with Gasteiger partial charge in [-0.2, -0.15) is 5.26 Å². The van der Waals surface area contributed by atoms with Gasteiger partial charge in [0.25, 0.3) is 0 Å². The minimum absolute atomic E-state index is 0.218. The van der Waals surface area contributed by atoms with Crippen LogP contribution >= 0.6 is 0 Å². The normalized spacial score (nSPS) is 29.5. The second-order valence-electron chi connectivity index (χ2n) is 5.87. The molecule has 2 nitrogen and oxygen atoms in total. The van der Waals surface area contributed by atoms with Crippen LogP contribution in [0, 0.1) is 16.7 Å². The van der Waals surface area contributed by atoms with E-state index in [0.717, 1.165) is 12.8 Å². The monoisotopic (exact) mass is 207 g/mol. The molecule has 0 aromatic carbocycles. The summed E-state index contributed by atoms with van der Waals surface area (Å²) < 4.78 is 6.20. The van der Waals surface area contributed by atoms with Crippen molar-refractivity contribution in [3.63, 3.8) is 0 Å². The Morgan fingerprint density at radius 2 is 2.00 bits per heavy atom. The van der Waals surface area contributed by atoms with Gasteiger partial charge in [0.05, 0.1) is 23.2 Å². The highest BCUT2D eigenvalue weighted by Gasteiger charge is 2.43. The summed E-state index contributed by atoms with van der Waals surface area (Å²) in [4.78, 5) is 0. The van der Waals surface area contributed by atoms with Gasteiger partial charge in [-0.1, -0.05) is 12.8 Å². The van der Waals surface area contributed by atoms with Gasteiger partial charge in [-0.25, -0.2) is 0 Å². The molecule has 0 aromatic rings. The van der Waals surface area contributed by atoms with Crippen LogP contribution in [0.2, 0.25) is 0 Å². The molecule has 0 N–H and O–H groups in total. The molecule has 1 atom stereocenters. The number of nitrogens with zero attached hydrogens (tertiary/aromatic N) is 1. The van der Waals surface area contributed by atoms with Gasteiger partial charge in [0.1, 0.15) is 0 Å². The molecule has 0 radical (unpaired) electrons. The van der Waals surface area contributed by atoms with Gasteiger partial charge >= 0.3 is 0 Å². The third-order valence-electron chi connectivity index (χ3n) is 3.89. The van der Waals surface area contributed by atoms with Crippen molar-refractivity contribution in [3.8, 4) is 6.07 Å². The molecule has 2 heteroatoms. The minimum atomic E-state index is -0.227. The maximum atomic E-state index is 9.01. The Morgan fingerprint density at radius 3 is 2.60 bits per heavy atom. The SMILES string of the molecule is CC(C)(C#N)CC1CCC2(CCCC2)O1. The van der Waals surface area contributed by atoms with E-state index in [1.54, 1.807) is 0 Å². The van der Waals surface area contributed by atoms with E-state index >= 15 is 0 Å². The Bertz CT molecular complexity index is 271. The maximum Gasteiger partial charge on any atom is 0.0687 e. The maximum absolute atomic E-state index is 9.01. The van der Waals surface area contributed by atoms with E-state index in [1.807, 2.05) is 13.8 Å². The highest BCUT2D eigenvalue weighted by Crippen LogP contribution is 2.45. The zero-order valence-corrected chi connectivity index (χ0v) is 9.88. The second kappa shape index (κ2) is 3.79. The third kappa shape index (κ3) is 2.34. The molecule has 0 amide bonds. The first-order valence-corrected chi connectivity index (χ1v) is 6.14. The first kappa shape index (κ1) is 11.0. The summed E-state index contributed by atoms with van der Waals surface area (Å²) in [5.74, 6) is 0. The van der Waals surface area contributed by atoms with Crippen molar-refractivity contribution in [2.75, 3.05) is 0 Å². The Kier molecular flexibility index (Phi) is 2.77. The van der Waals surface area contributed by atoms with Crippen molar-refractivity contribution >= 4 is 0 Å². The summed E-state index contributed by atoms with van der Waals surface area (Å²) in [6.45, 7) is 4.02. The summed E-state index contributed by atoms with van der Waals surface area (Å²) in [5, 5.41) is 9.01. The zero-order chi connectivity index (χ0) is 10.9. The molecule has 0 aromatic heterocycles. The van der Waals surface area contributed by atoms with Gasteiger partial charge < -0.3 is 4.74 Å². The summed E-state index contributed by atoms with van der Waals surface area (Å²) in [7, 11) is 0. The van der Waals surface area contributed by atoms with Crippen LogP contribution in [0.15, 0.2) is 0 Å². The molecule has 1 unspecified atom stereocenters. The van der Waals surface area contributed by atoms with Crippen LogP contribution in [-0.2, 0) is 4.74 Å². The lowest BCUT2D eigenvalue weighted by Crippen LogP contribution is -2.27. The van der Waals surface area contributed by atoms with E-state index in [4.69, 9.17) is 10.00 Å². The van der Waals surface area contributed by atoms with Crippen molar-refractivity contribution in [1.82, 2.24) is 0 Å². The molecule has 2 rings (SSSR count). The predicted molar refractivity (Wildman–Crippen MR) is 59.3 cm³/mol. The lowest BCUT2D eigenvalue weighted by atomic mass is 9.87. The Morgan fingerprint density at radius 1 is 1.33 bits per heavy atom. The van der Waals surface area contributed by atoms with E-state index in [-0.39, 0.29) is 11.0 Å². The minimum Gasteiger partial charge on any atom is -0.372 e. The summed E-state index contributed by atoms with van der Waals surface area (Å²) >= 11 is 0. The Labute approximate surface area is 92.6 Å². The molecule has 1 aliphatic carbocycles. The highest BCUT2D eigenvalue weighted by molar-refractivity contribution is 4.98. The van der Waals surface area contributed by atoms with Gasteiger partial charge in [0.15, 0.2) is 0 Å². The van der Waals surface area contributed by atoms with E-state index in [0.29, 0.717) is 6.10 Å². The van der Waals surface area contributed by atoms with Crippen molar-refractivity contribution in [1.29, 1.82) is 5.26 Å². The smallest absolute Gasteiger partial charge is 0.0687 e. The van der Waals surface area contributed by atoms with Gasteiger partial charge in [-0.3, -0.25) is 0 Å². The molecule has 1 spiro atoms. The summed E-state index contributed by atoms with van der Waals surface area (Å²) in [5.41, 5.74) is -0.00893. The van der Waals surface area contributed by atoms with Crippen LogP contribution < -0.4 is 0 Å². The largest absolute Gasteiger partial charge is 0.372 e. The molecule has 1 saturated heterocycles. The molecular weight excluding hydrogens is 186 g/mol. The van der Waals surface area contributed by atoms with E-state index in [1.165, 1.54) is 32.1 Å².